The Morgan fingerprint density at radius 2 is 2.16 bits per heavy atom. The minimum Gasteiger partial charge on any atom is -0.464 e. The van der Waals surface area contributed by atoms with Crippen molar-refractivity contribution in [3.8, 4) is 11.3 Å². The molecule has 1 aromatic carbocycles. The summed E-state index contributed by atoms with van der Waals surface area (Å²) in [5.74, 6) is 1.83. The molecule has 0 atom stereocenters. The van der Waals surface area contributed by atoms with Crippen LogP contribution in [0.25, 0.3) is 11.3 Å². The lowest BCUT2D eigenvalue weighted by molar-refractivity contribution is 0.581. The third kappa shape index (κ3) is 2.71. The Bertz CT molecular complexity index is 645. The molecule has 0 aliphatic carbocycles. The van der Waals surface area contributed by atoms with Crippen LogP contribution >= 0.6 is 11.6 Å². The number of furan rings is 1. The molecular weight excluding hydrogens is 260 g/mol. The van der Waals surface area contributed by atoms with Gasteiger partial charge in [-0.3, -0.25) is 0 Å². The largest absolute Gasteiger partial charge is 0.464 e. The molecule has 96 valence electrons. The number of aryl methyl sites for hydroxylation is 2. The number of hydrogen-bond acceptors (Lipinski definition) is 2. The van der Waals surface area contributed by atoms with Crippen LogP contribution in [0.2, 0.25) is 5.02 Å². The van der Waals surface area contributed by atoms with E-state index in [4.69, 9.17) is 16.0 Å². The summed E-state index contributed by atoms with van der Waals surface area (Å²) >= 11 is 6.07. The molecule has 0 amide bonds. The highest BCUT2D eigenvalue weighted by molar-refractivity contribution is 6.30. The Morgan fingerprint density at radius 1 is 1.21 bits per heavy atom. The number of aromatic amines is 1. The van der Waals surface area contributed by atoms with Crippen molar-refractivity contribution in [3.05, 3.63) is 65.4 Å². The van der Waals surface area contributed by atoms with E-state index in [0.29, 0.717) is 5.02 Å². The molecule has 4 heteroatoms. The molecule has 0 saturated carbocycles. The summed E-state index contributed by atoms with van der Waals surface area (Å²) in [7, 11) is 0. The smallest absolute Gasteiger partial charge is 0.134 e. The zero-order valence-electron chi connectivity index (χ0n) is 10.3. The molecular formula is C15H13ClN2O. The maximum atomic E-state index is 6.07. The summed E-state index contributed by atoms with van der Waals surface area (Å²) in [6.45, 7) is 0. The third-order valence-electron chi connectivity index (χ3n) is 3.04. The fraction of sp³-hybridized carbons (Fsp3) is 0.133. The van der Waals surface area contributed by atoms with Gasteiger partial charge in [0.2, 0.25) is 0 Å². The number of benzene rings is 1. The molecule has 3 rings (SSSR count). The Labute approximate surface area is 116 Å². The normalized spacial score (nSPS) is 10.8. The van der Waals surface area contributed by atoms with Gasteiger partial charge < -0.3 is 9.40 Å². The molecule has 0 spiro atoms. The number of nitrogens with zero attached hydrogens (tertiary/aromatic N) is 1. The molecule has 1 N–H and O–H groups in total. The number of nitrogens with one attached hydrogen (secondary N) is 1. The van der Waals surface area contributed by atoms with Gasteiger partial charge in [0.15, 0.2) is 0 Å². The van der Waals surface area contributed by atoms with Gasteiger partial charge in [-0.15, -0.1) is 0 Å². The maximum absolute atomic E-state index is 6.07. The van der Waals surface area contributed by atoms with E-state index in [1.165, 1.54) is 5.56 Å². The minimum absolute atomic E-state index is 0.716. The van der Waals surface area contributed by atoms with Gasteiger partial charge in [-0.1, -0.05) is 17.7 Å². The lowest BCUT2D eigenvalue weighted by atomic mass is 10.0. The van der Waals surface area contributed by atoms with Crippen molar-refractivity contribution >= 4 is 11.6 Å². The molecule has 0 unspecified atom stereocenters. The van der Waals surface area contributed by atoms with E-state index in [1.807, 2.05) is 36.5 Å². The molecule has 19 heavy (non-hydrogen) atoms. The van der Waals surface area contributed by atoms with Crippen LogP contribution in [0, 0.1) is 0 Å². The van der Waals surface area contributed by atoms with Crippen molar-refractivity contribution in [3.63, 3.8) is 0 Å². The van der Waals surface area contributed by atoms with E-state index in [0.717, 1.165) is 30.0 Å². The van der Waals surface area contributed by atoms with Crippen LogP contribution in [0.1, 0.15) is 11.4 Å². The van der Waals surface area contributed by atoms with Crippen molar-refractivity contribution in [2.24, 2.45) is 0 Å². The summed E-state index contributed by atoms with van der Waals surface area (Å²) in [5.41, 5.74) is 2.25. The Hall–Kier alpha value is -2.00. The average molecular weight is 273 g/mol. The van der Waals surface area contributed by atoms with Gasteiger partial charge in [0.1, 0.15) is 11.6 Å². The number of H-pyrrole nitrogens is 1. The Kier molecular flexibility index (Phi) is 3.38. The summed E-state index contributed by atoms with van der Waals surface area (Å²) < 4.78 is 5.47. The molecule has 0 aliphatic rings. The van der Waals surface area contributed by atoms with E-state index in [2.05, 4.69) is 9.97 Å². The van der Waals surface area contributed by atoms with Gasteiger partial charge >= 0.3 is 0 Å². The zero-order chi connectivity index (χ0) is 13.1. The first kappa shape index (κ1) is 12.1. The van der Waals surface area contributed by atoms with Crippen LogP contribution in [-0.4, -0.2) is 9.97 Å². The number of aromatic nitrogens is 2. The zero-order valence-corrected chi connectivity index (χ0v) is 11.0. The summed E-state index contributed by atoms with van der Waals surface area (Å²) in [6.07, 6.45) is 7.03. The van der Waals surface area contributed by atoms with Gasteiger partial charge in [-0.25, -0.2) is 4.98 Å². The van der Waals surface area contributed by atoms with E-state index >= 15 is 0 Å². The summed E-state index contributed by atoms with van der Waals surface area (Å²) in [5, 5.41) is 0.716. The van der Waals surface area contributed by atoms with Crippen molar-refractivity contribution in [1.82, 2.24) is 9.97 Å². The molecule has 3 aromatic rings. The predicted molar refractivity (Wildman–Crippen MR) is 75.1 cm³/mol. The van der Waals surface area contributed by atoms with Gasteiger partial charge in [0.05, 0.1) is 6.26 Å². The average Bonchev–Trinajstić information content (AvgIpc) is 3.10. The second kappa shape index (κ2) is 5.33. The second-order valence-corrected chi connectivity index (χ2v) is 4.75. The topological polar surface area (TPSA) is 41.8 Å². The van der Waals surface area contributed by atoms with Gasteiger partial charge in [-0.2, -0.15) is 0 Å². The standard InChI is InChI=1S/C15H13ClN2O/c16-12-5-3-11(4-6-15-17-7-8-18-15)13(10-12)14-2-1-9-19-14/h1-3,5,7-10H,4,6H2,(H,17,18). The predicted octanol–water partition coefficient (Wildman–Crippen LogP) is 4.11. The van der Waals surface area contributed by atoms with E-state index in [1.54, 1.807) is 12.5 Å². The minimum atomic E-state index is 0.716. The summed E-state index contributed by atoms with van der Waals surface area (Å²) in [4.78, 5) is 7.35. The van der Waals surface area contributed by atoms with Crippen molar-refractivity contribution in [2.45, 2.75) is 12.8 Å². The highest BCUT2D eigenvalue weighted by atomic mass is 35.5. The Balaban J connectivity index is 1.88. The van der Waals surface area contributed by atoms with Crippen molar-refractivity contribution < 1.29 is 4.42 Å². The van der Waals surface area contributed by atoms with Crippen LogP contribution in [0.15, 0.2) is 53.4 Å². The first-order chi connectivity index (χ1) is 9.33. The maximum Gasteiger partial charge on any atom is 0.134 e. The first-order valence-corrected chi connectivity index (χ1v) is 6.51. The SMILES string of the molecule is Clc1ccc(CCc2ncc[nH]2)c(-c2ccco2)c1. The highest BCUT2D eigenvalue weighted by Crippen LogP contribution is 2.28. The van der Waals surface area contributed by atoms with Crippen LogP contribution in [0.4, 0.5) is 0 Å². The third-order valence-corrected chi connectivity index (χ3v) is 3.28. The Morgan fingerprint density at radius 3 is 2.89 bits per heavy atom. The van der Waals surface area contributed by atoms with Crippen LogP contribution in [-0.2, 0) is 12.8 Å². The number of hydrogen-bond donors (Lipinski definition) is 1. The second-order valence-electron chi connectivity index (χ2n) is 4.31. The highest BCUT2D eigenvalue weighted by Gasteiger charge is 2.09. The fourth-order valence-corrected chi connectivity index (χ4v) is 2.29. The lowest BCUT2D eigenvalue weighted by Crippen LogP contribution is -1.95. The fourth-order valence-electron chi connectivity index (χ4n) is 2.12. The molecule has 0 radical (unpaired) electrons. The van der Waals surface area contributed by atoms with Gasteiger partial charge in [0.25, 0.3) is 0 Å². The van der Waals surface area contributed by atoms with E-state index < -0.39 is 0 Å². The van der Waals surface area contributed by atoms with Crippen LogP contribution < -0.4 is 0 Å². The number of rotatable bonds is 4. The van der Waals surface area contributed by atoms with Crippen molar-refractivity contribution in [1.29, 1.82) is 0 Å². The molecule has 2 aromatic heterocycles. The molecule has 0 saturated heterocycles. The first-order valence-electron chi connectivity index (χ1n) is 6.13. The lowest BCUT2D eigenvalue weighted by Gasteiger charge is -2.07. The van der Waals surface area contributed by atoms with Gasteiger partial charge in [0, 0.05) is 29.4 Å². The molecule has 0 fully saturated rings. The van der Waals surface area contributed by atoms with E-state index in [9.17, 15) is 0 Å². The van der Waals surface area contributed by atoms with Crippen LogP contribution in [0.5, 0.6) is 0 Å². The molecule has 0 aliphatic heterocycles. The van der Waals surface area contributed by atoms with Crippen molar-refractivity contribution in [2.75, 3.05) is 0 Å². The van der Waals surface area contributed by atoms with Crippen LogP contribution in [0.3, 0.4) is 0 Å². The molecule has 0 bridgehead atoms. The molecule has 3 nitrogen and oxygen atoms in total. The van der Waals surface area contributed by atoms with Gasteiger partial charge in [-0.05, 0) is 36.2 Å². The van der Waals surface area contributed by atoms with E-state index in [-0.39, 0.29) is 0 Å². The molecule has 2 heterocycles. The quantitative estimate of drug-likeness (QED) is 0.777. The number of imidazole rings is 1. The summed E-state index contributed by atoms with van der Waals surface area (Å²) in [6, 6.07) is 9.72. The number of halogens is 1. The monoisotopic (exact) mass is 272 g/mol.